The van der Waals surface area contributed by atoms with Crippen LogP contribution in [-0.2, 0) is 4.74 Å². The number of aromatic nitrogens is 2. The molecule has 2 aromatic rings. The van der Waals surface area contributed by atoms with E-state index in [1.807, 2.05) is 0 Å². The van der Waals surface area contributed by atoms with Crippen molar-refractivity contribution >= 4 is 29.2 Å². The minimum Gasteiger partial charge on any atom is -0.461 e. The van der Waals surface area contributed by atoms with Crippen molar-refractivity contribution in [2.45, 2.75) is 6.92 Å². The molecule has 0 aliphatic rings. The maximum absolute atomic E-state index is 11.7. The molecule has 0 unspecified atom stereocenters. The Labute approximate surface area is 125 Å². The number of carbonyl (C=O) groups is 2. The topological polar surface area (TPSA) is 113 Å². The summed E-state index contributed by atoms with van der Waals surface area (Å²) in [6, 6.07) is 4.55. The fourth-order valence-corrected chi connectivity index (χ4v) is 1.95. The lowest BCUT2D eigenvalue weighted by molar-refractivity contribution is 0.0520. The van der Waals surface area contributed by atoms with E-state index in [0.717, 1.165) is 0 Å². The zero-order valence-electron chi connectivity index (χ0n) is 11.2. The van der Waals surface area contributed by atoms with Crippen LogP contribution in [0.2, 0.25) is 5.02 Å². The molecule has 7 nitrogen and oxygen atoms in total. The molecule has 0 saturated carbocycles. The average molecular weight is 309 g/mol. The summed E-state index contributed by atoms with van der Waals surface area (Å²) in [5, 5.41) is 4.40. The lowest BCUT2D eigenvalue weighted by atomic mass is 10.1. The molecule has 1 aromatic heterocycles. The summed E-state index contributed by atoms with van der Waals surface area (Å²) >= 11 is 5.84. The quantitative estimate of drug-likeness (QED) is 0.828. The first kappa shape index (κ1) is 14.9. The number of anilines is 1. The van der Waals surface area contributed by atoms with E-state index in [1.54, 1.807) is 19.1 Å². The molecule has 0 fully saturated rings. The van der Waals surface area contributed by atoms with Crippen LogP contribution in [0.1, 0.15) is 27.8 Å². The SMILES string of the molecule is CCOC(=O)c1nn(-c2ccc(Cl)cc2C(N)=O)cc1N. The van der Waals surface area contributed by atoms with Gasteiger partial charge in [0.05, 0.1) is 29.7 Å². The molecule has 8 heteroatoms. The number of nitrogens with zero attached hydrogens (tertiary/aromatic N) is 2. The summed E-state index contributed by atoms with van der Waals surface area (Å²) in [5.74, 6) is -1.30. The van der Waals surface area contributed by atoms with Crippen molar-refractivity contribution in [2.75, 3.05) is 12.3 Å². The molecule has 0 spiro atoms. The standard InChI is InChI=1S/C13H13ClN4O3/c1-2-21-13(20)11-9(15)6-18(17-11)10-4-3-7(14)5-8(10)12(16)19/h3-6H,2,15H2,1H3,(H2,16,19). The van der Waals surface area contributed by atoms with Gasteiger partial charge in [-0.3, -0.25) is 4.79 Å². The number of nitrogens with two attached hydrogens (primary N) is 2. The number of benzene rings is 1. The predicted octanol–water partition coefficient (Wildman–Crippen LogP) is 1.38. The summed E-state index contributed by atoms with van der Waals surface area (Å²) in [5.41, 5.74) is 11.7. The van der Waals surface area contributed by atoms with Crippen molar-refractivity contribution in [2.24, 2.45) is 5.73 Å². The van der Waals surface area contributed by atoms with Crippen LogP contribution in [0.3, 0.4) is 0 Å². The molecule has 2 rings (SSSR count). The Morgan fingerprint density at radius 3 is 2.76 bits per heavy atom. The Morgan fingerprint density at radius 2 is 2.14 bits per heavy atom. The van der Waals surface area contributed by atoms with Gasteiger partial charge in [0.15, 0.2) is 5.69 Å². The Kier molecular flexibility index (Phi) is 4.13. The van der Waals surface area contributed by atoms with Crippen LogP contribution in [0.15, 0.2) is 24.4 Å². The number of hydrogen-bond acceptors (Lipinski definition) is 5. The van der Waals surface area contributed by atoms with Crippen molar-refractivity contribution in [3.8, 4) is 5.69 Å². The van der Waals surface area contributed by atoms with Gasteiger partial charge in [-0.25, -0.2) is 9.48 Å². The van der Waals surface area contributed by atoms with Gasteiger partial charge in [0.25, 0.3) is 5.91 Å². The Morgan fingerprint density at radius 1 is 1.43 bits per heavy atom. The molecule has 110 valence electrons. The van der Waals surface area contributed by atoms with E-state index in [1.165, 1.54) is 16.9 Å². The number of carbonyl (C=O) groups excluding carboxylic acids is 2. The maximum atomic E-state index is 11.7. The van der Waals surface area contributed by atoms with E-state index in [4.69, 9.17) is 27.8 Å². The highest BCUT2D eigenvalue weighted by molar-refractivity contribution is 6.31. The first-order valence-electron chi connectivity index (χ1n) is 6.06. The summed E-state index contributed by atoms with van der Waals surface area (Å²) in [6.45, 7) is 1.88. The molecule has 1 amide bonds. The van der Waals surface area contributed by atoms with Crippen LogP contribution in [0.4, 0.5) is 5.69 Å². The number of nitrogen functional groups attached to an aromatic ring is 1. The van der Waals surface area contributed by atoms with Crippen molar-refractivity contribution in [3.05, 3.63) is 40.7 Å². The molecule has 0 radical (unpaired) electrons. The third-order valence-electron chi connectivity index (χ3n) is 2.68. The third kappa shape index (κ3) is 2.97. The molecule has 1 heterocycles. The van der Waals surface area contributed by atoms with Crippen molar-refractivity contribution in [1.29, 1.82) is 0 Å². The number of esters is 1. The van der Waals surface area contributed by atoms with Crippen molar-refractivity contribution in [3.63, 3.8) is 0 Å². The largest absolute Gasteiger partial charge is 0.461 e. The summed E-state index contributed by atoms with van der Waals surface area (Å²) in [6.07, 6.45) is 1.40. The first-order chi connectivity index (χ1) is 9.93. The monoisotopic (exact) mass is 308 g/mol. The van der Waals surface area contributed by atoms with Gasteiger partial charge in [0.2, 0.25) is 0 Å². The minimum atomic E-state index is -0.667. The van der Waals surface area contributed by atoms with Crippen molar-refractivity contribution < 1.29 is 14.3 Å². The maximum Gasteiger partial charge on any atom is 0.361 e. The van der Waals surface area contributed by atoms with Gasteiger partial charge in [0.1, 0.15) is 0 Å². The highest BCUT2D eigenvalue weighted by atomic mass is 35.5. The fraction of sp³-hybridized carbons (Fsp3) is 0.154. The van der Waals surface area contributed by atoms with Gasteiger partial charge in [0, 0.05) is 5.02 Å². The van der Waals surface area contributed by atoms with Gasteiger partial charge < -0.3 is 16.2 Å². The second-order valence-corrected chi connectivity index (χ2v) is 4.56. The molecule has 0 saturated heterocycles. The van der Waals surface area contributed by atoms with Crippen LogP contribution in [0.5, 0.6) is 0 Å². The summed E-state index contributed by atoms with van der Waals surface area (Å²) < 4.78 is 6.14. The lowest BCUT2D eigenvalue weighted by Gasteiger charge is -2.07. The fourth-order valence-electron chi connectivity index (χ4n) is 1.77. The smallest absolute Gasteiger partial charge is 0.361 e. The minimum absolute atomic E-state index is 0.0257. The summed E-state index contributed by atoms with van der Waals surface area (Å²) in [4.78, 5) is 23.2. The molecule has 4 N–H and O–H groups in total. The Hall–Kier alpha value is -2.54. The molecule has 0 aliphatic heterocycles. The van der Waals surface area contributed by atoms with Gasteiger partial charge in [-0.1, -0.05) is 11.6 Å². The number of hydrogen-bond donors (Lipinski definition) is 2. The molecular weight excluding hydrogens is 296 g/mol. The van der Waals surface area contributed by atoms with E-state index in [0.29, 0.717) is 10.7 Å². The summed E-state index contributed by atoms with van der Waals surface area (Å²) in [7, 11) is 0. The number of amides is 1. The third-order valence-corrected chi connectivity index (χ3v) is 2.92. The van der Waals surface area contributed by atoms with E-state index < -0.39 is 11.9 Å². The number of primary amides is 1. The zero-order valence-corrected chi connectivity index (χ0v) is 11.9. The van der Waals surface area contributed by atoms with E-state index in [2.05, 4.69) is 5.10 Å². The second kappa shape index (κ2) is 5.84. The zero-order chi connectivity index (χ0) is 15.6. The molecule has 0 bridgehead atoms. The molecule has 0 aliphatic carbocycles. The normalized spacial score (nSPS) is 10.4. The Balaban J connectivity index is 2.51. The molecule has 1 aromatic carbocycles. The van der Waals surface area contributed by atoms with Crippen LogP contribution < -0.4 is 11.5 Å². The molecule has 0 atom stereocenters. The first-order valence-corrected chi connectivity index (χ1v) is 6.43. The van der Waals surface area contributed by atoms with E-state index >= 15 is 0 Å². The highest BCUT2D eigenvalue weighted by Crippen LogP contribution is 2.21. The number of rotatable bonds is 4. The van der Waals surface area contributed by atoms with Gasteiger partial charge >= 0.3 is 5.97 Å². The van der Waals surface area contributed by atoms with Crippen LogP contribution in [0, 0.1) is 0 Å². The molecule has 21 heavy (non-hydrogen) atoms. The van der Waals surface area contributed by atoms with Gasteiger partial charge in [-0.05, 0) is 25.1 Å². The van der Waals surface area contributed by atoms with E-state index in [9.17, 15) is 9.59 Å². The molecular formula is C13H13ClN4O3. The lowest BCUT2D eigenvalue weighted by Crippen LogP contribution is -2.15. The van der Waals surface area contributed by atoms with Crippen LogP contribution >= 0.6 is 11.6 Å². The van der Waals surface area contributed by atoms with Crippen LogP contribution in [0.25, 0.3) is 5.69 Å². The average Bonchev–Trinajstić information content (AvgIpc) is 2.80. The number of halogens is 1. The predicted molar refractivity (Wildman–Crippen MR) is 77.5 cm³/mol. The van der Waals surface area contributed by atoms with E-state index in [-0.39, 0.29) is 23.6 Å². The number of ether oxygens (including phenoxy) is 1. The van der Waals surface area contributed by atoms with Crippen molar-refractivity contribution in [1.82, 2.24) is 9.78 Å². The van der Waals surface area contributed by atoms with Gasteiger partial charge in [-0.15, -0.1) is 0 Å². The Bertz CT molecular complexity index is 711. The van der Waals surface area contributed by atoms with Gasteiger partial charge in [-0.2, -0.15) is 5.10 Å². The highest BCUT2D eigenvalue weighted by Gasteiger charge is 2.19. The van der Waals surface area contributed by atoms with Crippen LogP contribution in [-0.4, -0.2) is 28.3 Å². The second-order valence-electron chi connectivity index (χ2n) is 4.12.